The molecule has 5 nitrogen and oxygen atoms in total. The fraction of sp³-hybridized carbons (Fsp3) is 0. The molecule has 0 atom stereocenters. The average Bonchev–Trinajstić information content (AvgIpc) is 3.90. The van der Waals surface area contributed by atoms with Gasteiger partial charge in [-0.25, -0.2) is 9.97 Å². The monoisotopic (exact) mass is 675 g/mol. The fourth-order valence-electron chi connectivity index (χ4n) is 8.67. The molecule has 0 N–H and O–H groups in total. The maximum Gasteiger partial charge on any atom is 0.146 e. The SMILES string of the molecule is c1ccc(-n2c(-c3ccc(-n4c5cc6c(cc5c5ccc7ccccc7c54)nc4c5ccccc5c5ccccc5n64)cc3)nc3ccccc32)cc1. The van der Waals surface area contributed by atoms with Gasteiger partial charge in [-0.1, -0.05) is 109 Å². The van der Waals surface area contributed by atoms with Gasteiger partial charge in [0.25, 0.3) is 0 Å². The number of hydrogen-bond donors (Lipinski definition) is 0. The minimum atomic E-state index is 0.920. The number of fused-ring (bicyclic) bond motifs is 14. The van der Waals surface area contributed by atoms with Gasteiger partial charge in [0.2, 0.25) is 0 Å². The standard InChI is InChI=1S/C48H29N5/c1-2-13-32(14-3-1)52-43-21-11-9-19-40(43)49-47(52)31-22-25-33(26-23-31)51-44-29-45-41(28-39(44)37-27-24-30-12-4-5-15-34(30)46(37)51)50-48-38-18-7-6-16-35(38)36-17-8-10-20-42(36)53(45)48/h1-29H. The van der Waals surface area contributed by atoms with Crippen molar-refractivity contribution in [3.63, 3.8) is 0 Å². The molecule has 0 saturated heterocycles. The molecule has 12 rings (SSSR count). The van der Waals surface area contributed by atoms with Crippen LogP contribution in [-0.4, -0.2) is 23.5 Å². The van der Waals surface area contributed by atoms with E-state index in [2.05, 4.69) is 189 Å². The van der Waals surface area contributed by atoms with Crippen LogP contribution in [-0.2, 0) is 0 Å². The van der Waals surface area contributed by atoms with E-state index < -0.39 is 0 Å². The number of rotatable bonds is 3. The minimum Gasteiger partial charge on any atom is -0.309 e. The minimum absolute atomic E-state index is 0.920. The van der Waals surface area contributed by atoms with E-state index in [1.165, 1.54) is 37.8 Å². The van der Waals surface area contributed by atoms with Crippen molar-refractivity contribution >= 4 is 82.0 Å². The second-order valence-corrected chi connectivity index (χ2v) is 13.9. The molecule has 4 heterocycles. The van der Waals surface area contributed by atoms with Crippen LogP contribution in [0.4, 0.5) is 0 Å². The van der Waals surface area contributed by atoms with Gasteiger partial charge in [-0.2, -0.15) is 0 Å². The third-order valence-electron chi connectivity index (χ3n) is 11.0. The first-order chi connectivity index (χ1) is 26.3. The summed E-state index contributed by atoms with van der Waals surface area (Å²) in [5.74, 6) is 0.920. The lowest BCUT2D eigenvalue weighted by Gasteiger charge is -2.13. The molecule has 0 aliphatic heterocycles. The molecule has 0 fully saturated rings. The van der Waals surface area contributed by atoms with E-state index in [-0.39, 0.29) is 0 Å². The van der Waals surface area contributed by atoms with Crippen LogP contribution in [0.5, 0.6) is 0 Å². The lowest BCUT2D eigenvalue weighted by molar-refractivity contribution is 1.10. The average molecular weight is 676 g/mol. The second kappa shape index (κ2) is 10.6. The van der Waals surface area contributed by atoms with Crippen LogP contribution < -0.4 is 0 Å². The van der Waals surface area contributed by atoms with Crippen LogP contribution >= 0.6 is 0 Å². The second-order valence-electron chi connectivity index (χ2n) is 13.9. The van der Waals surface area contributed by atoms with Crippen molar-refractivity contribution in [2.24, 2.45) is 0 Å². The molecule has 0 spiro atoms. The molecular weight excluding hydrogens is 647 g/mol. The summed E-state index contributed by atoms with van der Waals surface area (Å²) in [6.07, 6.45) is 0. The highest BCUT2D eigenvalue weighted by Crippen LogP contribution is 2.40. The lowest BCUT2D eigenvalue weighted by atomic mass is 10.1. The lowest BCUT2D eigenvalue weighted by Crippen LogP contribution is -1.98. The van der Waals surface area contributed by atoms with Gasteiger partial charge in [-0.05, 0) is 77.5 Å². The van der Waals surface area contributed by atoms with Gasteiger partial charge < -0.3 is 4.57 Å². The summed E-state index contributed by atoms with van der Waals surface area (Å²) in [6.45, 7) is 0. The third kappa shape index (κ3) is 3.96. The topological polar surface area (TPSA) is 40.0 Å². The number of pyridine rings is 1. The molecular formula is C48H29N5. The molecule has 0 unspecified atom stereocenters. The van der Waals surface area contributed by atoms with Crippen LogP contribution in [0.15, 0.2) is 176 Å². The van der Waals surface area contributed by atoms with Gasteiger partial charge in [0.15, 0.2) is 0 Å². The van der Waals surface area contributed by atoms with Gasteiger partial charge in [-0.15, -0.1) is 0 Å². The first-order valence-corrected chi connectivity index (χ1v) is 18.0. The molecule has 53 heavy (non-hydrogen) atoms. The summed E-state index contributed by atoms with van der Waals surface area (Å²) in [5.41, 5.74) is 11.9. The molecule has 0 amide bonds. The highest BCUT2D eigenvalue weighted by atomic mass is 15.1. The Hall–Kier alpha value is -7.24. The normalized spacial score (nSPS) is 12.2. The summed E-state index contributed by atoms with van der Waals surface area (Å²) in [5, 5.41) is 8.43. The van der Waals surface area contributed by atoms with Crippen molar-refractivity contribution in [2.75, 3.05) is 0 Å². The van der Waals surface area contributed by atoms with Crippen LogP contribution in [0.2, 0.25) is 0 Å². The predicted octanol–water partition coefficient (Wildman–Crippen LogP) is 12.1. The Labute approximate surface area is 303 Å². The van der Waals surface area contributed by atoms with Gasteiger partial charge in [0, 0.05) is 43.9 Å². The van der Waals surface area contributed by atoms with E-state index in [0.29, 0.717) is 0 Å². The van der Waals surface area contributed by atoms with Crippen molar-refractivity contribution in [1.29, 1.82) is 0 Å². The van der Waals surface area contributed by atoms with E-state index in [0.717, 1.165) is 66.9 Å². The Morgan fingerprint density at radius 2 is 1.04 bits per heavy atom. The zero-order valence-electron chi connectivity index (χ0n) is 28.5. The highest BCUT2D eigenvalue weighted by Gasteiger charge is 2.21. The quantitative estimate of drug-likeness (QED) is 0.175. The van der Waals surface area contributed by atoms with Gasteiger partial charge in [0.1, 0.15) is 11.5 Å². The van der Waals surface area contributed by atoms with Crippen LogP contribution in [0.3, 0.4) is 0 Å². The molecule has 5 heteroatoms. The number of nitrogens with zero attached hydrogens (tertiary/aromatic N) is 5. The number of imidazole rings is 2. The van der Waals surface area contributed by atoms with E-state index in [4.69, 9.17) is 9.97 Å². The molecule has 0 radical (unpaired) electrons. The molecule has 246 valence electrons. The molecule has 0 bridgehead atoms. The van der Waals surface area contributed by atoms with Crippen molar-refractivity contribution in [3.8, 4) is 22.8 Å². The van der Waals surface area contributed by atoms with Crippen molar-refractivity contribution in [3.05, 3.63) is 176 Å². The van der Waals surface area contributed by atoms with Crippen molar-refractivity contribution in [2.45, 2.75) is 0 Å². The summed E-state index contributed by atoms with van der Waals surface area (Å²) in [4.78, 5) is 10.5. The smallest absolute Gasteiger partial charge is 0.146 e. The van der Waals surface area contributed by atoms with E-state index in [9.17, 15) is 0 Å². The third-order valence-corrected chi connectivity index (χ3v) is 11.0. The summed E-state index contributed by atoms with van der Waals surface area (Å²) >= 11 is 0. The van der Waals surface area contributed by atoms with Crippen molar-refractivity contribution < 1.29 is 0 Å². The predicted molar refractivity (Wildman–Crippen MR) is 220 cm³/mol. The maximum atomic E-state index is 5.34. The van der Waals surface area contributed by atoms with E-state index in [1.54, 1.807) is 0 Å². The van der Waals surface area contributed by atoms with Gasteiger partial charge in [0.05, 0.1) is 38.6 Å². The first kappa shape index (κ1) is 28.5. The van der Waals surface area contributed by atoms with E-state index in [1.807, 2.05) is 0 Å². The number of aromatic nitrogens is 5. The number of benzene rings is 8. The molecule has 4 aromatic heterocycles. The number of hydrogen-bond acceptors (Lipinski definition) is 2. The molecule has 0 aliphatic carbocycles. The zero-order valence-corrected chi connectivity index (χ0v) is 28.5. The van der Waals surface area contributed by atoms with Gasteiger partial charge in [-0.3, -0.25) is 8.97 Å². The highest BCUT2D eigenvalue weighted by molar-refractivity contribution is 6.21. The summed E-state index contributed by atoms with van der Waals surface area (Å²) in [6, 6.07) is 62.9. The molecule has 8 aromatic carbocycles. The van der Waals surface area contributed by atoms with Crippen LogP contribution in [0.25, 0.3) is 105 Å². The molecule has 12 aromatic rings. The summed E-state index contributed by atoms with van der Waals surface area (Å²) < 4.78 is 7.05. The first-order valence-electron chi connectivity index (χ1n) is 18.0. The largest absolute Gasteiger partial charge is 0.309 e. The fourth-order valence-corrected chi connectivity index (χ4v) is 8.67. The van der Waals surface area contributed by atoms with Gasteiger partial charge >= 0.3 is 0 Å². The Kier molecular flexibility index (Phi) is 5.71. The van der Waals surface area contributed by atoms with Crippen LogP contribution in [0.1, 0.15) is 0 Å². The Morgan fingerprint density at radius 3 is 1.89 bits per heavy atom. The summed E-state index contributed by atoms with van der Waals surface area (Å²) in [7, 11) is 0. The van der Waals surface area contributed by atoms with Crippen molar-refractivity contribution in [1.82, 2.24) is 23.5 Å². The zero-order chi connectivity index (χ0) is 34.6. The van der Waals surface area contributed by atoms with Crippen LogP contribution in [0, 0.1) is 0 Å². The van der Waals surface area contributed by atoms with E-state index >= 15 is 0 Å². The Bertz CT molecular complexity index is 3440. The molecule has 0 aliphatic rings. The molecule has 0 saturated carbocycles. The Morgan fingerprint density at radius 1 is 0.358 bits per heavy atom. The Balaban J connectivity index is 1.15. The number of para-hydroxylation sites is 4. The maximum absolute atomic E-state index is 5.34.